The predicted molar refractivity (Wildman–Crippen MR) is 90.2 cm³/mol. The van der Waals surface area contributed by atoms with E-state index in [-0.39, 0.29) is 17.5 Å². The van der Waals surface area contributed by atoms with Crippen LogP contribution in [-0.2, 0) is 4.74 Å². The van der Waals surface area contributed by atoms with Crippen molar-refractivity contribution in [2.75, 3.05) is 31.7 Å². The number of hydrazone groups is 1. The smallest absolute Gasteiger partial charge is 0.397 e. The van der Waals surface area contributed by atoms with E-state index in [4.69, 9.17) is 9.15 Å². The number of hydrogen-bond acceptors (Lipinski definition) is 8. The molecule has 3 heterocycles. The summed E-state index contributed by atoms with van der Waals surface area (Å²) in [6, 6.07) is 4.48. The van der Waals surface area contributed by atoms with Crippen LogP contribution < -0.4 is 5.43 Å². The van der Waals surface area contributed by atoms with Crippen LogP contribution >= 0.6 is 0 Å². The Bertz CT molecular complexity index is 797. The van der Waals surface area contributed by atoms with Gasteiger partial charge in [0.2, 0.25) is 0 Å². The Morgan fingerprint density at radius 1 is 1.36 bits per heavy atom. The number of furan rings is 1. The summed E-state index contributed by atoms with van der Waals surface area (Å²) in [6.07, 6.45) is 0. The molecule has 1 saturated heterocycles. The van der Waals surface area contributed by atoms with Gasteiger partial charge in [-0.05, 0) is 19.9 Å². The zero-order valence-corrected chi connectivity index (χ0v) is 13.9. The monoisotopic (exact) mass is 346 g/mol. The zero-order chi connectivity index (χ0) is 17.8. The molecular formula is C15H18N6O4. The van der Waals surface area contributed by atoms with Gasteiger partial charge in [0.25, 0.3) is 0 Å². The van der Waals surface area contributed by atoms with E-state index in [0.717, 1.165) is 18.9 Å². The van der Waals surface area contributed by atoms with Gasteiger partial charge in [0.05, 0.1) is 19.3 Å². The molecule has 10 nitrogen and oxygen atoms in total. The topological polar surface area (TPSA) is 119 Å². The fraction of sp³-hybridized carbons (Fsp3) is 0.400. The molecule has 1 N–H and O–H groups in total. The van der Waals surface area contributed by atoms with E-state index in [9.17, 15) is 10.1 Å². The summed E-state index contributed by atoms with van der Waals surface area (Å²) in [5, 5.41) is 15.1. The van der Waals surface area contributed by atoms with Crippen LogP contribution in [0.5, 0.6) is 0 Å². The van der Waals surface area contributed by atoms with Crippen LogP contribution in [-0.4, -0.2) is 51.9 Å². The predicted octanol–water partition coefficient (Wildman–Crippen LogP) is 2.03. The molecule has 0 aromatic carbocycles. The quantitative estimate of drug-likeness (QED) is 0.386. The Morgan fingerprint density at radius 2 is 2.12 bits per heavy atom. The Labute approximate surface area is 143 Å². The van der Waals surface area contributed by atoms with Crippen LogP contribution in [0.25, 0.3) is 11.6 Å². The van der Waals surface area contributed by atoms with Gasteiger partial charge in [0.15, 0.2) is 17.4 Å². The van der Waals surface area contributed by atoms with E-state index in [0.29, 0.717) is 24.7 Å². The Kier molecular flexibility index (Phi) is 4.89. The third-order valence-corrected chi connectivity index (χ3v) is 3.65. The summed E-state index contributed by atoms with van der Waals surface area (Å²) >= 11 is 0. The van der Waals surface area contributed by atoms with Crippen LogP contribution in [0.1, 0.15) is 12.6 Å². The van der Waals surface area contributed by atoms with Crippen LogP contribution in [0, 0.1) is 17.0 Å². The molecule has 0 unspecified atom stereocenters. The Morgan fingerprint density at radius 3 is 2.80 bits per heavy atom. The van der Waals surface area contributed by atoms with Gasteiger partial charge in [-0.25, -0.2) is 9.97 Å². The maximum absolute atomic E-state index is 10.7. The number of nitro groups is 1. The van der Waals surface area contributed by atoms with Gasteiger partial charge in [-0.2, -0.15) is 5.10 Å². The number of aryl methyl sites for hydroxylation is 1. The fourth-order valence-corrected chi connectivity index (χ4v) is 2.38. The molecule has 1 aliphatic heterocycles. The molecular weight excluding hydrogens is 328 g/mol. The second-order valence-electron chi connectivity index (χ2n) is 5.48. The van der Waals surface area contributed by atoms with Crippen LogP contribution in [0.2, 0.25) is 0 Å². The number of aromatic nitrogens is 2. The number of hydrogen-bond donors (Lipinski definition) is 1. The van der Waals surface area contributed by atoms with Gasteiger partial charge >= 0.3 is 5.88 Å². The number of ether oxygens (including phenoxy) is 1. The lowest BCUT2D eigenvalue weighted by Gasteiger charge is -2.28. The first-order chi connectivity index (χ1) is 12.0. The summed E-state index contributed by atoms with van der Waals surface area (Å²) in [7, 11) is 0. The van der Waals surface area contributed by atoms with Gasteiger partial charge in [-0.1, -0.05) is 0 Å². The minimum absolute atomic E-state index is 0.229. The summed E-state index contributed by atoms with van der Waals surface area (Å²) in [5.41, 5.74) is 3.59. The first kappa shape index (κ1) is 16.8. The van der Waals surface area contributed by atoms with Gasteiger partial charge in [-0.15, -0.1) is 0 Å². The molecule has 0 spiro atoms. The molecule has 3 rings (SSSR count). The van der Waals surface area contributed by atoms with Crippen molar-refractivity contribution in [2.45, 2.75) is 13.8 Å². The van der Waals surface area contributed by atoms with E-state index in [2.05, 4.69) is 25.4 Å². The van der Waals surface area contributed by atoms with Crippen molar-refractivity contribution < 1.29 is 14.1 Å². The van der Waals surface area contributed by atoms with E-state index < -0.39 is 4.92 Å². The third-order valence-electron chi connectivity index (χ3n) is 3.65. The lowest BCUT2D eigenvalue weighted by atomic mass is 10.3. The van der Waals surface area contributed by atoms with Crippen molar-refractivity contribution >= 4 is 17.5 Å². The van der Waals surface area contributed by atoms with Crippen LogP contribution in [0.4, 0.5) is 11.7 Å². The molecule has 0 radical (unpaired) electrons. The molecule has 132 valence electrons. The number of anilines is 1. The molecule has 25 heavy (non-hydrogen) atoms. The van der Waals surface area contributed by atoms with Crippen molar-refractivity contribution in [3.8, 4) is 11.6 Å². The zero-order valence-electron chi connectivity index (χ0n) is 13.9. The van der Waals surface area contributed by atoms with E-state index >= 15 is 0 Å². The summed E-state index contributed by atoms with van der Waals surface area (Å²) in [6.45, 7) is 6.65. The normalized spacial score (nSPS) is 15.3. The summed E-state index contributed by atoms with van der Waals surface area (Å²) in [4.78, 5) is 20.8. The lowest BCUT2D eigenvalue weighted by Crippen LogP contribution is -2.39. The molecule has 1 aliphatic rings. The van der Waals surface area contributed by atoms with Gasteiger partial charge < -0.3 is 14.1 Å². The molecule has 0 aliphatic carbocycles. The highest BCUT2D eigenvalue weighted by Crippen LogP contribution is 2.24. The third kappa shape index (κ3) is 4.10. The summed E-state index contributed by atoms with van der Waals surface area (Å²) in [5.74, 6) is 1.45. The highest BCUT2D eigenvalue weighted by atomic mass is 16.6. The second kappa shape index (κ2) is 7.26. The maximum Gasteiger partial charge on any atom is 0.433 e. The molecule has 0 atom stereocenters. The summed E-state index contributed by atoms with van der Waals surface area (Å²) < 4.78 is 10.5. The van der Waals surface area contributed by atoms with Crippen molar-refractivity contribution in [1.29, 1.82) is 0 Å². The van der Waals surface area contributed by atoms with Gasteiger partial charge in [0.1, 0.15) is 10.8 Å². The van der Waals surface area contributed by atoms with Gasteiger partial charge in [0, 0.05) is 24.8 Å². The van der Waals surface area contributed by atoms with Gasteiger partial charge in [-0.3, -0.25) is 15.5 Å². The van der Waals surface area contributed by atoms with E-state index in [1.165, 1.54) is 12.1 Å². The first-order valence-electron chi connectivity index (χ1n) is 7.76. The average Bonchev–Trinajstić information content (AvgIpc) is 3.10. The molecule has 2 aromatic rings. The standard InChI is InChI=1S/C15H18N6O4/c1-10-9-13(19-18-11(2)20-5-7-24-8-6-20)17-15(16-10)12-3-4-14(25-12)21(22)23/h3-4,9H,5-8H2,1-2H3,(H,16,17,19). The number of morpholine rings is 1. The first-order valence-corrected chi connectivity index (χ1v) is 7.76. The van der Waals surface area contributed by atoms with Crippen molar-refractivity contribution in [1.82, 2.24) is 14.9 Å². The SMILES string of the molecule is CC(=NNc1cc(C)nc(-c2ccc([N+](=O)[O-])o2)n1)N1CCOCC1. The number of nitrogens with zero attached hydrogens (tertiary/aromatic N) is 5. The average molecular weight is 346 g/mol. The second-order valence-corrected chi connectivity index (χ2v) is 5.48. The molecule has 2 aromatic heterocycles. The molecule has 10 heteroatoms. The Hall–Kier alpha value is -3.01. The largest absolute Gasteiger partial charge is 0.433 e. The maximum atomic E-state index is 10.7. The lowest BCUT2D eigenvalue weighted by molar-refractivity contribution is -0.401. The van der Waals surface area contributed by atoms with E-state index in [1.54, 1.807) is 13.0 Å². The van der Waals surface area contributed by atoms with Crippen molar-refractivity contribution in [2.24, 2.45) is 5.10 Å². The highest BCUT2D eigenvalue weighted by molar-refractivity contribution is 5.80. The van der Waals surface area contributed by atoms with Crippen molar-refractivity contribution in [3.05, 3.63) is 34.0 Å². The van der Waals surface area contributed by atoms with Crippen molar-refractivity contribution in [3.63, 3.8) is 0 Å². The van der Waals surface area contributed by atoms with Crippen LogP contribution in [0.15, 0.2) is 27.7 Å². The number of nitrogens with one attached hydrogen (secondary N) is 1. The number of rotatable bonds is 4. The fourth-order valence-electron chi connectivity index (χ4n) is 2.38. The molecule has 1 fully saturated rings. The van der Waals surface area contributed by atoms with Crippen LogP contribution in [0.3, 0.4) is 0 Å². The molecule has 0 bridgehead atoms. The van der Waals surface area contributed by atoms with E-state index in [1.807, 2.05) is 6.92 Å². The Balaban J connectivity index is 1.77. The number of amidine groups is 1. The highest BCUT2D eigenvalue weighted by Gasteiger charge is 2.16. The minimum atomic E-state index is -0.603. The molecule has 0 saturated carbocycles. The minimum Gasteiger partial charge on any atom is -0.397 e. The molecule has 0 amide bonds.